The molecule has 6 nitrogen and oxygen atoms in total. The van der Waals surface area contributed by atoms with Gasteiger partial charge in [0.2, 0.25) is 11.8 Å². The molecule has 2 rings (SSSR count). The summed E-state index contributed by atoms with van der Waals surface area (Å²) in [6.07, 6.45) is 6.97. The van der Waals surface area contributed by atoms with Crippen molar-refractivity contribution in [3.05, 3.63) is 24.0 Å². The number of carbonyl (C=O) groups excluding carboxylic acids is 2. The highest BCUT2D eigenvalue weighted by atomic mass is 16.5. The highest BCUT2D eigenvalue weighted by molar-refractivity contribution is 5.86. The van der Waals surface area contributed by atoms with Gasteiger partial charge in [0.1, 0.15) is 6.54 Å². The molecule has 0 aliphatic heterocycles. The molecule has 0 unspecified atom stereocenters. The molecule has 1 aromatic heterocycles. The first-order valence-corrected chi connectivity index (χ1v) is 10.1. The van der Waals surface area contributed by atoms with Crippen LogP contribution in [0.2, 0.25) is 0 Å². The van der Waals surface area contributed by atoms with Gasteiger partial charge in [0, 0.05) is 44.6 Å². The summed E-state index contributed by atoms with van der Waals surface area (Å²) in [5.41, 5.74) is 1.07. The largest absolute Gasteiger partial charge is 0.383 e. The second-order valence-electron chi connectivity index (χ2n) is 7.62. The SMILES string of the molecule is CC[C@@H](C)N(CC(=O)N(CCOC)Cc1cccn1C)C(=O)C1CCCC1. The van der Waals surface area contributed by atoms with Gasteiger partial charge in [0.25, 0.3) is 0 Å². The normalized spacial score (nSPS) is 15.7. The zero-order valence-corrected chi connectivity index (χ0v) is 17.3. The number of carbonyl (C=O) groups is 2. The molecule has 1 aliphatic carbocycles. The van der Waals surface area contributed by atoms with Crippen LogP contribution in [0.3, 0.4) is 0 Å². The monoisotopic (exact) mass is 377 g/mol. The molecule has 0 aromatic carbocycles. The molecular formula is C21H35N3O3. The average Bonchev–Trinajstić information content (AvgIpc) is 3.34. The van der Waals surface area contributed by atoms with E-state index in [2.05, 4.69) is 6.92 Å². The Labute approximate surface area is 163 Å². The zero-order chi connectivity index (χ0) is 19.8. The standard InChI is InChI=1S/C21H35N3O3/c1-5-17(2)24(21(26)18-9-6-7-10-18)16-20(25)23(13-14-27-4)15-19-11-8-12-22(19)3/h8,11-12,17-18H,5-7,9-10,13-16H2,1-4H3/t17-/m1/s1. The predicted molar refractivity (Wildman–Crippen MR) is 106 cm³/mol. The first-order valence-electron chi connectivity index (χ1n) is 10.1. The lowest BCUT2D eigenvalue weighted by Gasteiger charge is -2.33. The third-order valence-electron chi connectivity index (χ3n) is 5.74. The highest BCUT2D eigenvalue weighted by Gasteiger charge is 2.31. The number of hydrogen-bond donors (Lipinski definition) is 0. The molecule has 0 radical (unpaired) electrons. The van der Waals surface area contributed by atoms with Crippen molar-refractivity contribution in [2.75, 3.05) is 26.8 Å². The van der Waals surface area contributed by atoms with Crippen molar-refractivity contribution in [2.24, 2.45) is 13.0 Å². The lowest BCUT2D eigenvalue weighted by molar-refractivity contribution is -0.145. The fourth-order valence-electron chi connectivity index (χ4n) is 3.67. The van der Waals surface area contributed by atoms with Crippen molar-refractivity contribution < 1.29 is 14.3 Å². The molecule has 0 bridgehead atoms. The Hall–Kier alpha value is -1.82. The van der Waals surface area contributed by atoms with Crippen molar-refractivity contribution in [1.29, 1.82) is 0 Å². The Bertz CT molecular complexity index is 608. The van der Waals surface area contributed by atoms with E-state index < -0.39 is 0 Å². The summed E-state index contributed by atoms with van der Waals surface area (Å²) < 4.78 is 7.21. The van der Waals surface area contributed by atoms with Gasteiger partial charge >= 0.3 is 0 Å². The maximum absolute atomic E-state index is 13.1. The van der Waals surface area contributed by atoms with Gasteiger partial charge in [-0.25, -0.2) is 0 Å². The molecule has 1 atom stereocenters. The molecule has 152 valence electrons. The van der Waals surface area contributed by atoms with Crippen molar-refractivity contribution in [1.82, 2.24) is 14.4 Å². The third kappa shape index (κ3) is 5.83. The first-order chi connectivity index (χ1) is 13.0. The van der Waals surface area contributed by atoms with E-state index in [4.69, 9.17) is 4.74 Å². The smallest absolute Gasteiger partial charge is 0.242 e. The number of hydrogen-bond acceptors (Lipinski definition) is 3. The van der Waals surface area contributed by atoms with Crippen LogP contribution in [0.1, 0.15) is 51.6 Å². The maximum Gasteiger partial charge on any atom is 0.242 e. The van der Waals surface area contributed by atoms with Gasteiger partial charge in [-0.2, -0.15) is 0 Å². The van der Waals surface area contributed by atoms with Crippen LogP contribution in [0, 0.1) is 5.92 Å². The Morgan fingerprint density at radius 3 is 2.59 bits per heavy atom. The van der Waals surface area contributed by atoms with Gasteiger partial charge in [0.05, 0.1) is 13.2 Å². The molecule has 1 aliphatic rings. The summed E-state index contributed by atoms with van der Waals surface area (Å²) in [5.74, 6) is 0.229. The van der Waals surface area contributed by atoms with Crippen LogP contribution in [-0.4, -0.2) is 59.0 Å². The first kappa shape index (κ1) is 21.5. The fourth-order valence-corrected chi connectivity index (χ4v) is 3.67. The quantitative estimate of drug-likeness (QED) is 0.630. The number of rotatable bonds is 10. The second kappa shape index (κ2) is 10.5. The summed E-state index contributed by atoms with van der Waals surface area (Å²) >= 11 is 0. The molecular weight excluding hydrogens is 342 g/mol. The number of amides is 2. The minimum atomic E-state index is -0.0140. The van der Waals surface area contributed by atoms with Gasteiger partial charge in [-0.15, -0.1) is 0 Å². The van der Waals surface area contributed by atoms with Crippen LogP contribution in [0.4, 0.5) is 0 Å². The summed E-state index contributed by atoms with van der Waals surface area (Å²) in [5, 5.41) is 0. The fraction of sp³-hybridized carbons (Fsp3) is 0.714. The predicted octanol–water partition coefficient (Wildman–Crippen LogP) is 2.82. The van der Waals surface area contributed by atoms with Gasteiger partial charge in [-0.3, -0.25) is 9.59 Å². The average molecular weight is 378 g/mol. The van der Waals surface area contributed by atoms with E-state index in [9.17, 15) is 9.59 Å². The van der Waals surface area contributed by atoms with Gasteiger partial charge in [-0.1, -0.05) is 19.8 Å². The lowest BCUT2D eigenvalue weighted by Crippen LogP contribution is -2.48. The van der Waals surface area contributed by atoms with Crippen molar-refractivity contribution >= 4 is 11.8 Å². The number of nitrogens with zero attached hydrogens (tertiary/aromatic N) is 3. The molecule has 0 spiro atoms. The minimum Gasteiger partial charge on any atom is -0.383 e. The van der Waals surface area contributed by atoms with Gasteiger partial charge in [0.15, 0.2) is 0 Å². The van der Waals surface area contributed by atoms with E-state index in [1.165, 1.54) is 0 Å². The molecule has 6 heteroatoms. The second-order valence-corrected chi connectivity index (χ2v) is 7.62. The highest BCUT2D eigenvalue weighted by Crippen LogP contribution is 2.27. The van der Waals surface area contributed by atoms with Crippen molar-refractivity contribution in [2.45, 2.75) is 58.5 Å². The number of methoxy groups -OCH3 is 1. The molecule has 27 heavy (non-hydrogen) atoms. The lowest BCUT2D eigenvalue weighted by atomic mass is 10.0. The van der Waals surface area contributed by atoms with Crippen LogP contribution < -0.4 is 0 Å². The van der Waals surface area contributed by atoms with Gasteiger partial charge in [-0.05, 0) is 38.3 Å². The Kier molecular flexibility index (Phi) is 8.35. The Morgan fingerprint density at radius 2 is 2.04 bits per heavy atom. The maximum atomic E-state index is 13.1. The molecule has 1 fully saturated rings. The number of aromatic nitrogens is 1. The number of ether oxygens (including phenoxy) is 1. The summed E-state index contributed by atoms with van der Waals surface area (Å²) in [4.78, 5) is 29.7. The topological polar surface area (TPSA) is 54.8 Å². The van der Waals surface area contributed by atoms with E-state index in [0.717, 1.165) is 37.8 Å². The van der Waals surface area contributed by atoms with Crippen molar-refractivity contribution in [3.8, 4) is 0 Å². The van der Waals surface area contributed by atoms with Gasteiger partial charge < -0.3 is 19.1 Å². The van der Waals surface area contributed by atoms with E-state index in [0.29, 0.717) is 19.7 Å². The Morgan fingerprint density at radius 1 is 1.33 bits per heavy atom. The van der Waals surface area contributed by atoms with E-state index in [1.54, 1.807) is 12.0 Å². The van der Waals surface area contributed by atoms with E-state index in [-0.39, 0.29) is 30.3 Å². The molecule has 1 heterocycles. The summed E-state index contributed by atoms with van der Waals surface area (Å²) in [7, 11) is 3.61. The summed E-state index contributed by atoms with van der Waals surface area (Å²) in [6.45, 7) is 5.78. The molecule has 0 N–H and O–H groups in total. The van der Waals surface area contributed by atoms with Crippen LogP contribution in [0.25, 0.3) is 0 Å². The molecule has 2 amide bonds. The molecule has 1 aromatic rings. The molecule has 0 saturated heterocycles. The molecule has 1 saturated carbocycles. The van der Waals surface area contributed by atoms with Crippen molar-refractivity contribution in [3.63, 3.8) is 0 Å². The van der Waals surface area contributed by atoms with Crippen LogP contribution in [-0.2, 0) is 27.9 Å². The van der Waals surface area contributed by atoms with Crippen LogP contribution >= 0.6 is 0 Å². The van der Waals surface area contributed by atoms with Crippen LogP contribution in [0.5, 0.6) is 0 Å². The third-order valence-corrected chi connectivity index (χ3v) is 5.74. The number of aryl methyl sites for hydroxylation is 1. The van der Waals surface area contributed by atoms with E-state index >= 15 is 0 Å². The van der Waals surface area contributed by atoms with Crippen LogP contribution in [0.15, 0.2) is 18.3 Å². The van der Waals surface area contributed by atoms with E-state index in [1.807, 2.05) is 41.8 Å². The minimum absolute atomic E-state index is 0.0140. The zero-order valence-electron chi connectivity index (χ0n) is 17.3. The summed E-state index contributed by atoms with van der Waals surface area (Å²) in [6, 6.07) is 4.06. The Balaban J connectivity index is 2.10.